The first-order valence-corrected chi connectivity index (χ1v) is 9.50. The van der Waals surface area contributed by atoms with Crippen molar-refractivity contribution in [2.24, 2.45) is 0 Å². The maximum atomic E-state index is 12.5. The molecule has 0 spiro atoms. The number of hydrogen-bond acceptors (Lipinski definition) is 4. The van der Waals surface area contributed by atoms with Gasteiger partial charge in [0.2, 0.25) is 10.0 Å². The average molecular weight is 384 g/mol. The van der Waals surface area contributed by atoms with Gasteiger partial charge in [-0.15, -0.1) is 0 Å². The first kappa shape index (κ1) is 20.1. The Hall–Kier alpha value is -2.19. The molecule has 2 rings (SSSR count). The fourth-order valence-electron chi connectivity index (χ4n) is 2.52. The Kier molecular flexibility index (Phi) is 6.55. The van der Waals surface area contributed by atoms with Crippen molar-refractivity contribution in [1.29, 1.82) is 0 Å². The molecule has 142 valence electrons. The van der Waals surface area contributed by atoms with Gasteiger partial charge in [-0.05, 0) is 43.2 Å². The number of alkyl halides is 2. The lowest BCUT2D eigenvalue weighted by Crippen LogP contribution is -2.34. The average Bonchev–Trinajstić information content (AvgIpc) is 2.54. The number of para-hydroxylation sites is 1. The van der Waals surface area contributed by atoms with Crippen LogP contribution in [-0.2, 0) is 16.4 Å². The van der Waals surface area contributed by atoms with Crippen molar-refractivity contribution >= 4 is 15.7 Å². The van der Waals surface area contributed by atoms with Gasteiger partial charge >= 0.3 is 6.61 Å². The summed E-state index contributed by atoms with van der Waals surface area (Å²) < 4.78 is 56.9. The van der Waals surface area contributed by atoms with Gasteiger partial charge in [0.25, 0.3) is 0 Å². The number of nitrogens with one attached hydrogen (secondary N) is 1. The minimum atomic E-state index is -3.99. The first-order valence-electron chi connectivity index (χ1n) is 8.01. The highest BCUT2D eigenvalue weighted by atomic mass is 32.2. The second-order valence-corrected chi connectivity index (χ2v) is 7.79. The van der Waals surface area contributed by atoms with Crippen LogP contribution in [0.4, 0.5) is 14.5 Å². The topological polar surface area (TPSA) is 58.6 Å². The summed E-state index contributed by atoms with van der Waals surface area (Å²) >= 11 is 0. The second-order valence-electron chi connectivity index (χ2n) is 6.11. The maximum absolute atomic E-state index is 12.5. The van der Waals surface area contributed by atoms with Crippen molar-refractivity contribution in [3.63, 3.8) is 0 Å². The molecule has 0 saturated heterocycles. The SMILES string of the molecule is CC(Cc1ccc(N(C)C)cc1)NS(=O)(=O)c1ccccc1OC(F)F. The highest BCUT2D eigenvalue weighted by molar-refractivity contribution is 7.89. The molecule has 0 radical (unpaired) electrons. The van der Waals surface area contributed by atoms with Crippen LogP contribution in [0.25, 0.3) is 0 Å². The Morgan fingerprint density at radius 2 is 1.69 bits per heavy atom. The fourth-order valence-corrected chi connectivity index (χ4v) is 3.90. The molecule has 2 aromatic rings. The van der Waals surface area contributed by atoms with Crippen molar-refractivity contribution in [3.05, 3.63) is 54.1 Å². The Morgan fingerprint density at radius 1 is 1.08 bits per heavy atom. The largest absolute Gasteiger partial charge is 0.433 e. The molecule has 8 heteroatoms. The number of rotatable bonds is 8. The van der Waals surface area contributed by atoms with Crippen molar-refractivity contribution in [3.8, 4) is 5.75 Å². The summed E-state index contributed by atoms with van der Waals surface area (Å²) in [5, 5.41) is 0. The number of sulfonamides is 1. The first-order chi connectivity index (χ1) is 12.2. The molecule has 0 aliphatic heterocycles. The number of hydrogen-bond donors (Lipinski definition) is 1. The van der Waals surface area contributed by atoms with Crippen LogP contribution in [0.15, 0.2) is 53.4 Å². The number of halogens is 2. The third-order valence-electron chi connectivity index (χ3n) is 3.71. The van der Waals surface area contributed by atoms with Crippen molar-refractivity contribution < 1.29 is 21.9 Å². The van der Waals surface area contributed by atoms with E-state index in [0.29, 0.717) is 6.42 Å². The van der Waals surface area contributed by atoms with Crippen LogP contribution in [0, 0.1) is 0 Å². The van der Waals surface area contributed by atoms with Gasteiger partial charge in [-0.1, -0.05) is 24.3 Å². The van der Waals surface area contributed by atoms with Crippen LogP contribution in [-0.4, -0.2) is 35.2 Å². The third kappa shape index (κ3) is 5.40. The molecule has 0 heterocycles. The summed E-state index contributed by atoms with van der Waals surface area (Å²) in [6.07, 6.45) is 0.463. The molecule has 0 amide bonds. The van der Waals surface area contributed by atoms with E-state index in [0.717, 1.165) is 11.3 Å². The molecule has 26 heavy (non-hydrogen) atoms. The van der Waals surface area contributed by atoms with Crippen LogP contribution in [0.3, 0.4) is 0 Å². The smallest absolute Gasteiger partial charge is 0.387 e. The molecule has 1 unspecified atom stereocenters. The minimum Gasteiger partial charge on any atom is -0.433 e. The van der Waals surface area contributed by atoms with Gasteiger partial charge in [-0.3, -0.25) is 0 Å². The lowest BCUT2D eigenvalue weighted by molar-refractivity contribution is -0.0517. The van der Waals surface area contributed by atoms with Crippen molar-refractivity contribution in [2.75, 3.05) is 19.0 Å². The quantitative estimate of drug-likeness (QED) is 0.759. The monoisotopic (exact) mass is 384 g/mol. The van der Waals surface area contributed by atoms with Crippen LogP contribution >= 0.6 is 0 Å². The second kappa shape index (κ2) is 8.46. The molecule has 5 nitrogen and oxygen atoms in total. The summed E-state index contributed by atoms with van der Waals surface area (Å²) in [5.41, 5.74) is 2.00. The Bertz CT molecular complexity index is 825. The zero-order valence-electron chi connectivity index (χ0n) is 14.8. The van der Waals surface area contributed by atoms with Gasteiger partial charge in [-0.2, -0.15) is 8.78 Å². The number of nitrogens with zero attached hydrogens (tertiary/aromatic N) is 1. The van der Waals surface area contributed by atoms with E-state index in [-0.39, 0.29) is 10.6 Å². The number of ether oxygens (including phenoxy) is 1. The van der Waals surface area contributed by atoms with Gasteiger partial charge in [0.05, 0.1) is 0 Å². The van der Waals surface area contributed by atoms with E-state index >= 15 is 0 Å². The van der Waals surface area contributed by atoms with E-state index in [4.69, 9.17) is 0 Å². The summed E-state index contributed by atoms with van der Waals surface area (Å²) in [4.78, 5) is 1.66. The molecular weight excluding hydrogens is 362 g/mol. The lowest BCUT2D eigenvalue weighted by Gasteiger charge is -2.17. The molecule has 0 aliphatic rings. The molecule has 0 aliphatic carbocycles. The molecule has 0 fully saturated rings. The summed E-state index contributed by atoms with van der Waals surface area (Å²) in [5.74, 6) is -0.377. The Morgan fingerprint density at radius 3 is 2.27 bits per heavy atom. The fraction of sp³-hybridized carbons (Fsp3) is 0.333. The van der Waals surface area contributed by atoms with E-state index in [2.05, 4.69) is 9.46 Å². The van der Waals surface area contributed by atoms with Gasteiger partial charge in [0, 0.05) is 25.8 Å². The zero-order chi connectivity index (χ0) is 19.3. The van der Waals surface area contributed by atoms with E-state index in [9.17, 15) is 17.2 Å². The predicted octanol–water partition coefficient (Wildman–Crippen LogP) is 3.26. The lowest BCUT2D eigenvalue weighted by atomic mass is 10.1. The van der Waals surface area contributed by atoms with Crippen LogP contribution in [0.5, 0.6) is 5.75 Å². The molecule has 0 saturated carbocycles. The maximum Gasteiger partial charge on any atom is 0.387 e. The number of anilines is 1. The van der Waals surface area contributed by atoms with Crippen LogP contribution in [0.1, 0.15) is 12.5 Å². The minimum absolute atomic E-state index is 0.310. The zero-order valence-corrected chi connectivity index (χ0v) is 15.6. The van der Waals surface area contributed by atoms with E-state index in [1.54, 1.807) is 6.92 Å². The van der Waals surface area contributed by atoms with Gasteiger partial charge in [0.15, 0.2) is 0 Å². The molecule has 2 aromatic carbocycles. The van der Waals surface area contributed by atoms with E-state index in [1.807, 2.05) is 43.3 Å². The highest BCUT2D eigenvalue weighted by Crippen LogP contribution is 2.25. The van der Waals surface area contributed by atoms with Crippen LogP contribution < -0.4 is 14.4 Å². The molecular formula is C18H22F2N2O3S. The summed E-state index contributed by atoms with van der Waals surface area (Å²) in [6, 6.07) is 12.6. The standard InChI is InChI=1S/C18H22F2N2O3S/c1-13(12-14-8-10-15(11-9-14)22(2)3)21-26(23,24)17-7-5-4-6-16(17)25-18(19)20/h4-11,13,18,21H,12H2,1-3H3. The van der Waals surface area contributed by atoms with Crippen molar-refractivity contribution in [2.45, 2.75) is 30.9 Å². The predicted molar refractivity (Wildman–Crippen MR) is 97.3 cm³/mol. The highest BCUT2D eigenvalue weighted by Gasteiger charge is 2.23. The Balaban J connectivity index is 2.11. The van der Waals surface area contributed by atoms with Gasteiger partial charge in [-0.25, -0.2) is 13.1 Å². The van der Waals surface area contributed by atoms with Crippen molar-refractivity contribution in [1.82, 2.24) is 4.72 Å². The summed E-state index contributed by atoms with van der Waals surface area (Å²) in [7, 11) is -0.124. The van der Waals surface area contributed by atoms with E-state index < -0.39 is 22.7 Å². The van der Waals surface area contributed by atoms with E-state index in [1.165, 1.54) is 24.3 Å². The molecule has 0 bridgehead atoms. The number of benzene rings is 2. The Labute approximate surface area is 152 Å². The van der Waals surface area contributed by atoms with Crippen LogP contribution in [0.2, 0.25) is 0 Å². The normalized spacial score (nSPS) is 12.8. The van der Waals surface area contributed by atoms with Gasteiger partial charge in [0.1, 0.15) is 10.6 Å². The molecule has 1 atom stereocenters. The molecule has 1 N–H and O–H groups in total. The summed E-state index contributed by atoms with van der Waals surface area (Å²) in [6.45, 7) is -1.38. The van der Waals surface area contributed by atoms with Gasteiger partial charge < -0.3 is 9.64 Å². The molecule has 0 aromatic heterocycles. The third-order valence-corrected chi connectivity index (χ3v) is 5.33.